The van der Waals surface area contributed by atoms with Gasteiger partial charge >= 0.3 is 0 Å². The minimum absolute atomic E-state index is 0.442. The Bertz CT molecular complexity index is 680. The van der Waals surface area contributed by atoms with Crippen molar-refractivity contribution in [2.45, 2.75) is 90.3 Å². The second-order valence-electron chi connectivity index (χ2n) is 13.4. The van der Waals surface area contributed by atoms with Crippen molar-refractivity contribution in [3.63, 3.8) is 0 Å². The van der Waals surface area contributed by atoms with Crippen molar-refractivity contribution in [3.8, 4) is 0 Å². The maximum atomic E-state index is 2.79. The smallest absolute Gasteiger partial charge is 0.0853 e. The molecule has 0 bridgehead atoms. The summed E-state index contributed by atoms with van der Waals surface area (Å²) in [5.74, 6) is 5.15. The van der Waals surface area contributed by atoms with E-state index in [0.717, 1.165) is 46.0 Å². The third kappa shape index (κ3) is 3.84. The van der Waals surface area contributed by atoms with E-state index in [1.165, 1.54) is 12.8 Å². The van der Waals surface area contributed by atoms with Gasteiger partial charge in [0.05, 0.1) is 16.1 Å². The van der Waals surface area contributed by atoms with Gasteiger partial charge < -0.3 is 0 Å². The second kappa shape index (κ2) is 7.32. The summed E-state index contributed by atoms with van der Waals surface area (Å²) in [6.07, 6.45) is 8.48. The number of fused-ring (bicyclic) bond motifs is 3. The Kier molecular flexibility index (Phi) is 5.75. The summed E-state index contributed by atoms with van der Waals surface area (Å²) in [4.78, 5) is 0. The van der Waals surface area contributed by atoms with E-state index >= 15 is 0 Å². The summed E-state index contributed by atoms with van der Waals surface area (Å²) >= 11 is 4.68. The van der Waals surface area contributed by atoms with Crippen LogP contribution >= 0.6 is 23.5 Å². The lowest BCUT2D eigenvalue weighted by Gasteiger charge is -2.45. The highest BCUT2D eigenvalue weighted by Gasteiger charge is 2.61. The van der Waals surface area contributed by atoms with E-state index < -0.39 is 16.1 Å². The summed E-state index contributed by atoms with van der Waals surface area (Å²) < 4.78 is 3.61. The molecule has 0 saturated heterocycles. The molecule has 0 aromatic rings. The molecule has 2 fully saturated rings. The van der Waals surface area contributed by atoms with Gasteiger partial charge in [-0.2, -0.15) is 0 Å². The van der Waals surface area contributed by atoms with Gasteiger partial charge in [-0.05, 0) is 62.8 Å². The molecule has 2 aliphatic heterocycles. The minimum Gasteiger partial charge on any atom is -0.131 e. The van der Waals surface area contributed by atoms with E-state index in [9.17, 15) is 0 Å². The molecule has 2 heterocycles. The van der Waals surface area contributed by atoms with Gasteiger partial charge in [0, 0.05) is 10.5 Å². The lowest BCUT2D eigenvalue weighted by Crippen LogP contribution is -2.42. The predicted octanol–water partition coefficient (Wildman–Crippen LogP) is 8.31. The maximum absolute atomic E-state index is 2.79. The van der Waals surface area contributed by atoms with Crippen molar-refractivity contribution >= 4 is 39.7 Å². The van der Waals surface area contributed by atoms with Gasteiger partial charge in [0.25, 0.3) is 0 Å². The van der Waals surface area contributed by atoms with Gasteiger partial charge in [0.15, 0.2) is 0 Å². The lowest BCUT2D eigenvalue weighted by atomic mass is 9.64. The normalized spacial score (nSPS) is 42.7. The highest BCUT2D eigenvalue weighted by Crippen LogP contribution is 2.67. The molecule has 0 spiro atoms. The van der Waals surface area contributed by atoms with Crippen LogP contribution < -0.4 is 0 Å². The molecular weight excluding hydrogens is 421 g/mol. The van der Waals surface area contributed by atoms with Crippen LogP contribution in [0.4, 0.5) is 0 Å². The molecule has 0 aromatic heterocycles. The first kappa shape index (κ1) is 22.8. The molecule has 0 N–H and O–H groups in total. The molecule has 0 nitrogen and oxygen atoms in total. The van der Waals surface area contributed by atoms with Crippen LogP contribution in [0.25, 0.3) is 0 Å². The predicted molar refractivity (Wildman–Crippen MR) is 141 cm³/mol. The van der Waals surface area contributed by atoms with E-state index in [2.05, 4.69) is 103 Å². The van der Waals surface area contributed by atoms with Crippen LogP contribution in [0.2, 0.25) is 39.3 Å². The summed E-state index contributed by atoms with van der Waals surface area (Å²) in [5.41, 5.74) is 0.442. The zero-order chi connectivity index (χ0) is 21.5. The molecule has 164 valence electrons. The number of hydrogen-bond donors (Lipinski definition) is 0. The summed E-state index contributed by atoms with van der Waals surface area (Å²) in [7, 11) is -2.45. The number of thioether (sulfide) groups is 2. The van der Waals surface area contributed by atoms with Crippen molar-refractivity contribution in [2.24, 2.45) is 40.9 Å². The average molecular weight is 465 g/mol. The van der Waals surface area contributed by atoms with Gasteiger partial charge in [0.1, 0.15) is 0 Å². The summed E-state index contributed by atoms with van der Waals surface area (Å²) in [6, 6.07) is 0. The van der Waals surface area contributed by atoms with Crippen molar-refractivity contribution < 1.29 is 0 Å². The molecule has 2 saturated carbocycles. The molecule has 4 rings (SSSR count). The largest absolute Gasteiger partial charge is 0.131 e. The first-order valence-electron chi connectivity index (χ1n) is 12.0. The Morgan fingerprint density at radius 3 is 1.59 bits per heavy atom. The summed E-state index contributed by atoms with van der Waals surface area (Å²) in [6.45, 7) is 25.7. The molecule has 0 radical (unpaired) electrons. The molecule has 6 unspecified atom stereocenters. The fourth-order valence-electron chi connectivity index (χ4n) is 7.09. The maximum Gasteiger partial charge on any atom is 0.0853 e. The monoisotopic (exact) mass is 464 g/mol. The van der Waals surface area contributed by atoms with Crippen molar-refractivity contribution in [3.05, 3.63) is 21.2 Å². The second-order valence-corrected chi connectivity index (χ2v) is 26.6. The third-order valence-corrected chi connectivity index (χ3v) is 18.7. The Hall–Kier alpha value is 0.614. The molecule has 4 aliphatic rings. The first-order chi connectivity index (χ1) is 13.2. The third-order valence-electron chi connectivity index (χ3n) is 8.54. The Morgan fingerprint density at radius 1 is 0.793 bits per heavy atom. The van der Waals surface area contributed by atoms with Crippen LogP contribution in [-0.2, 0) is 0 Å². The Morgan fingerprint density at radius 2 is 1.24 bits per heavy atom. The summed E-state index contributed by atoms with van der Waals surface area (Å²) in [5, 5.41) is 1.66. The van der Waals surface area contributed by atoms with Gasteiger partial charge in [-0.15, -0.1) is 23.5 Å². The van der Waals surface area contributed by atoms with Crippen LogP contribution in [0.3, 0.4) is 0 Å². The molecule has 4 heteroatoms. The number of hydrogen-bond acceptors (Lipinski definition) is 2. The SMILES string of the molecule is CC1C[C@@H](C)CC1C(C)(C)C1C2SC([Si](C)(C)C)=CC2[C@@H]2C=C([Si](C)(C)C)SC12. The van der Waals surface area contributed by atoms with Gasteiger partial charge in [-0.3, -0.25) is 0 Å². The fraction of sp³-hybridized carbons (Fsp3) is 0.840. The van der Waals surface area contributed by atoms with E-state index in [1.807, 2.05) is 0 Å². The molecule has 0 aromatic carbocycles. The first-order valence-corrected chi connectivity index (χ1v) is 20.7. The van der Waals surface area contributed by atoms with Gasteiger partial charge in [-0.1, -0.05) is 79.1 Å². The quantitative estimate of drug-likeness (QED) is 0.384. The van der Waals surface area contributed by atoms with Gasteiger partial charge in [0.2, 0.25) is 0 Å². The van der Waals surface area contributed by atoms with E-state index in [1.54, 1.807) is 9.06 Å². The topological polar surface area (TPSA) is 0 Å². The standard InChI is InChI=1S/C25H44S2Si2/c1-15-11-16(2)19(12-15)25(3,4)22-23-17(13-20(26-23)28(5,6)7)18-14-21(27-24(18)22)29(8,9)10/h13-19,22-24H,11-12H2,1-10H3/t15-,16?,17+,18?,19?,22?,23?,24?/m1/s1. The zero-order valence-electron chi connectivity index (χ0n) is 20.5. The number of allylic oxidation sites excluding steroid dienone is 2. The van der Waals surface area contributed by atoms with Crippen LogP contribution in [-0.4, -0.2) is 26.6 Å². The van der Waals surface area contributed by atoms with E-state index in [-0.39, 0.29) is 0 Å². The van der Waals surface area contributed by atoms with Crippen molar-refractivity contribution in [1.29, 1.82) is 0 Å². The fourth-order valence-corrected chi connectivity index (χ4v) is 15.4. The van der Waals surface area contributed by atoms with E-state index in [4.69, 9.17) is 0 Å². The number of rotatable bonds is 4. The van der Waals surface area contributed by atoms with Crippen LogP contribution in [0.15, 0.2) is 21.2 Å². The molecule has 2 aliphatic carbocycles. The zero-order valence-corrected chi connectivity index (χ0v) is 24.1. The minimum atomic E-state index is -1.23. The van der Waals surface area contributed by atoms with Crippen molar-refractivity contribution in [2.75, 3.05) is 0 Å². The van der Waals surface area contributed by atoms with Crippen LogP contribution in [0, 0.1) is 40.9 Å². The Balaban J connectivity index is 1.72. The van der Waals surface area contributed by atoms with Gasteiger partial charge in [-0.25, -0.2) is 0 Å². The molecule has 8 atom stereocenters. The van der Waals surface area contributed by atoms with E-state index in [0.29, 0.717) is 5.41 Å². The Labute approximate surface area is 191 Å². The van der Waals surface area contributed by atoms with Crippen LogP contribution in [0.1, 0.15) is 40.5 Å². The van der Waals surface area contributed by atoms with Crippen molar-refractivity contribution in [1.82, 2.24) is 0 Å². The highest BCUT2D eigenvalue weighted by molar-refractivity contribution is 8.07. The molecule has 0 amide bonds. The molecular formula is C25H44S2Si2. The lowest BCUT2D eigenvalue weighted by molar-refractivity contribution is 0.0949. The van der Waals surface area contributed by atoms with Crippen LogP contribution in [0.5, 0.6) is 0 Å². The highest BCUT2D eigenvalue weighted by atomic mass is 32.2. The molecule has 29 heavy (non-hydrogen) atoms. The average Bonchev–Trinajstić information content (AvgIpc) is 3.24.